The molecule has 0 saturated carbocycles. The predicted octanol–water partition coefficient (Wildman–Crippen LogP) is -1.04. The van der Waals surface area contributed by atoms with Crippen molar-refractivity contribution in [3.05, 3.63) is 34.7 Å². The minimum Gasteiger partial charge on any atom is -0.366 e. The summed E-state index contributed by atoms with van der Waals surface area (Å²) in [7, 11) is 0. The molecule has 0 heterocycles. The van der Waals surface area contributed by atoms with Crippen molar-refractivity contribution in [3.63, 3.8) is 0 Å². The molecule has 0 radical (unpaired) electrons. The van der Waals surface area contributed by atoms with Gasteiger partial charge in [0, 0.05) is 10.5 Å². The Balaban J connectivity index is 2.85. The van der Waals surface area contributed by atoms with Gasteiger partial charge in [-0.05, 0) is 24.3 Å². The van der Waals surface area contributed by atoms with Gasteiger partial charge in [0.25, 0.3) is 0 Å². The van der Waals surface area contributed by atoms with Crippen molar-refractivity contribution in [3.8, 4) is 0 Å². The molecule has 4 N–H and O–H groups in total. The molecule has 0 aliphatic rings. The van der Waals surface area contributed by atoms with Gasteiger partial charge in [0.2, 0.25) is 5.91 Å². The molecular weight excluding hydrogens is 158 g/mol. The monoisotopic (exact) mass is 166 g/mol. The highest BCUT2D eigenvalue weighted by Crippen LogP contribution is 2.06. The van der Waals surface area contributed by atoms with Crippen LogP contribution in [0.15, 0.2) is 24.3 Å². The van der Waals surface area contributed by atoms with Crippen LogP contribution >= 0.6 is 0 Å². The number of rotatable bonds is 3. The molecule has 0 aromatic heterocycles. The fourth-order valence-electron chi connectivity index (χ4n) is 0.777. The quantitative estimate of drug-likeness (QED) is 0.501. The summed E-state index contributed by atoms with van der Waals surface area (Å²) in [6.45, 7) is 0. The van der Waals surface area contributed by atoms with Crippen LogP contribution < -0.4 is 16.4 Å². The Morgan fingerprint density at radius 1 is 1.33 bits per heavy atom. The average molecular weight is 166 g/mol. The van der Waals surface area contributed by atoms with Crippen molar-refractivity contribution >= 4 is 11.6 Å². The number of amides is 1. The smallest absolute Gasteiger partial charge is 0.248 e. The second-order valence-electron chi connectivity index (χ2n) is 2.17. The van der Waals surface area contributed by atoms with Gasteiger partial charge in [0.1, 0.15) is 11.0 Å². The molecule has 0 unspecified atom stereocenters. The van der Waals surface area contributed by atoms with E-state index in [0.29, 0.717) is 11.3 Å². The Hall–Kier alpha value is -1.91. The van der Waals surface area contributed by atoms with Crippen LogP contribution in [0.25, 0.3) is 0 Å². The Morgan fingerprint density at radius 3 is 2.33 bits per heavy atom. The Kier molecular flexibility index (Phi) is 2.37. The number of carbonyl (C=O) groups is 1. The van der Waals surface area contributed by atoms with E-state index in [2.05, 4.69) is 5.43 Å². The lowest BCUT2D eigenvalue weighted by molar-refractivity contribution is -0.443. The van der Waals surface area contributed by atoms with Crippen molar-refractivity contribution in [1.82, 2.24) is 0 Å². The van der Waals surface area contributed by atoms with E-state index in [4.69, 9.17) is 5.73 Å². The highest BCUT2D eigenvalue weighted by atomic mass is 16.3. The number of nitroso groups, excluding NO2 is 1. The van der Waals surface area contributed by atoms with E-state index in [0.717, 1.165) is 0 Å². The number of carbonyl (C=O) groups excluding carboxylic acids is 1. The SMILES string of the molecule is NC(=O)c1ccc(N[NH+]=O)cc1. The molecule has 0 aliphatic carbocycles. The number of nitrogens with one attached hydrogen (secondary N) is 2. The topological polar surface area (TPSA) is 86.2 Å². The molecule has 5 heteroatoms. The lowest BCUT2D eigenvalue weighted by Gasteiger charge is -1.94. The number of anilines is 1. The maximum absolute atomic E-state index is 10.6. The predicted molar refractivity (Wildman–Crippen MR) is 42.9 cm³/mol. The summed E-state index contributed by atoms with van der Waals surface area (Å²) in [5.41, 5.74) is 8.30. The molecule has 12 heavy (non-hydrogen) atoms. The van der Waals surface area contributed by atoms with Gasteiger partial charge in [0.15, 0.2) is 0 Å². The first-order chi connectivity index (χ1) is 5.74. The van der Waals surface area contributed by atoms with Crippen LogP contribution in [0, 0.1) is 4.91 Å². The summed E-state index contributed by atoms with van der Waals surface area (Å²) < 4.78 is 0. The van der Waals surface area contributed by atoms with E-state index in [1.807, 2.05) is 0 Å². The Bertz CT molecular complexity index is 294. The summed E-state index contributed by atoms with van der Waals surface area (Å²) in [4.78, 5) is 20.5. The van der Waals surface area contributed by atoms with Crippen molar-refractivity contribution in [2.24, 2.45) is 5.73 Å². The Labute approximate surface area is 68.5 Å². The van der Waals surface area contributed by atoms with Crippen LogP contribution in [0.3, 0.4) is 0 Å². The average Bonchev–Trinajstić information content (AvgIpc) is 2.06. The third-order valence-electron chi connectivity index (χ3n) is 1.36. The molecule has 0 saturated heterocycles. The first-order valence-corrected chi connectivity index (χ1v) is 3.27. The zero-order valence-corrected chi connectivity index (χ0v) is 6.20. The number of hydrazine groups is 1. The van der Waals surface area contributed by atoms with Crippen molar-refractivity contribution in [2.45, 2.75) is 0 Å². The highest BCUT2D eigenvalue weighted by Gasteiger charge is 1.99. The van der Waals surface area contributed by atoms with Crippen LogP contribution in [0.2, 0.25) is 0 Å². The summed E-state index contributed by atoms with van der Waals surface area (Å²) in [5, 5.41) is 1.52. The maximum Gasteiger partial charge on any atom is 0.248 e. The lowest BCUT2D eigenvalue weighted by Crippen LogP contribution is -2.69. The standard InChI is InChI=1S/C7H7N3O2/c8-7(11)5-1-3-6(4-2-5)9-10-12/h1-4H,(H2,8,11)(H,9,12)/p+1. The van der Waals surface area contributed by atoms with Crippen molar-refractivity contribution < 1.29 is 10.1 Å². The van der Waals surface area contributed by atoms with E-state index in [1.54, 1.807) is 12.1 Å². The molecule has 1 rings (SSSR count). The van der Waals surface area contributed by atoms with Gasteiger partial charge in [-0.3, -0.25) is 4.79 Å². The molecule has 1 aromatic carbocycles. The lowest BCUT2D eigenvalue weighted by atomic mass is 10.2. The molecule has 0 atom stereocenters. The van der Waals surface area contributed by atoms with Crippen LogP contribution in [-0.4, -0.2) is 5.91 Å². The minimum atomic E-state index is -0.489. The number of benzene rings is 1. The third-order valence-corrected chi connectivity index (χ3v) is 1.36. The van der Waals surface area contributed by atoms with Crippen molar-refractivity contribution in [2.75, 3.05) is 5.43 Å². The van der Waals surface area contributed by atoms with Gasteiger partial charge in [-0.15, -0.1) is 5.43 Å². The van der Waals surface area contributed by atoms with E-state index >= 15 is 0 Å². The first kappa shape index (κ1) is 8.19. The molecule has 62 valence electrons. The van der Waals surface area contributed by atoms with Gasteiger partial charge in [-0.25, -0.2) is 0 Å². The fraction of sp³-hybridized carbons (Fsp3) is 0. The van der Waals surface area contributed by atoms with E-state index in [1.165, 1.54) is 17.4 Å². The number of hydrogen-bond donors (Lipinski definition) is 3. The van der Waals surface area contributed by atoms with Crippen LogP contribution in [0.4, 0.5) is 5.69 Å². The molecule has 1 aromatic rings. The van der Waals surface area contributed by atoms with Gasteiger partial charge >= 0.3 is 0 Å². The molecule has 1 amide bonds. The summed E-state index contributed by atoms with van der Waals surface area (Å²) in [5.74, 6) is -0.489. The summed E-state index contributed by atoms with van der Waals surface area (Å²) >= 11 is 0. The van der Waals surface area contributed by atoms with Crippen molar-refractivity contribution in [1.29, 1.82) is 0 Å². The van der Waals surface area contributed by atoms with Gasteiger partial charge < -0.3 is 5.73 Å². The van der Waals surface area contributed by atoms with E-state index in [9.17, 15) is 9.70 Å². The van der Waals surface area contributed by atoms with E-state index < -0.39 is 5.91 Å². The molecule has 5 nitrogen and oxygen atoms in total. The second-order valence-corrected chi connectivity index (χ2v) is 2.17. The molecule has 0 aliphatic heterocycles. The summed E-state index contributed by atoms with van der Waals surface area (Å²) in [6, 6.07) is 6.21. The first-order valence-electron chi connectivity index (χ1n) is 3.27. The second kappa shape index (κ2) is 3.47. The summed E-state index contributed by atoms with van der Waals surface area (Å²) in [6.07, 6.45) is 0. The van der Waals surface area contributed by atoms with Crippen LogP contribution in [0.1, 0.15) is 10.4 Å². The van der Waals surface area contributed by atoms with Gasteiger partial charge in [0.05, 0.1) is 0 Å². The number of nitrogens with two attached hydrogens (primary N) is 1. The molecular formula is C7H8N3O2+. The molecule has 0 bridgehead atoms. The maximum atomic E-state index is 10.6. The van der Waals surface area contributed by atoms with Crippen LogP contribution in [0.5, 0.6) is 0 Å². The van der Waals surface area contributed by atoms with Gasteiger partial charge in [-0.2, -0.15) is 0 Å². The van der Waals surface area contributed by atoms with E-state index in [-0.39, 0.29) is 0 Å². The Morgan fingerprint density at radius 2 is 1.92 bits per heavy atom. The zero-order valence-electron chi connectivity index (χ0n) is 6.20. The molecule has 0 spiro atoms. The zero-order chi connectivity index (χ0) is 8.97. The normalized spacial score (nSPS) is 9.00. The van der Waals surface area contributed by atoms with Crippen LogP contribution in [-0.2, 0) is 0 Å². The third kappa shape index (κ3) is 1.79. The highest BCUT2D eigenvalue weighted by molar-refractivity contribution is 5.93. The molecule has 0 fully saturated rings. The number of hydrogen-bond acceptors (Lipinski definition) is 2. The fourth-order valence-corrected chi connectivity index (χ4v) is 0.777. The largest absolute Gasteiger partial charge is 0.366 e. The minimum absolute atomic E-state index is 0.409. The number of primary amides is 1. The van der Waals surface area contributed by atoms with Gasteiger partial charge in [-0.1, -0.05) is 0 Å².